The van der Waals surface area contributed by atoms with Crippen LogP contribution in [0.25, 0.3) is 0 Å². The Labute approximate surface area is 141 Å². The quantitative estimate of drug-likeness (QED) is 0.826. The summed E-state index contributed by atoms with van der Waals surface area (Å²) in [6.07, 6.45) is 0.885. The van der Waals surface area contributed by atoms with Crippen molar-refractivity contribution in [1.82, 2.24) is 5.32 Å². The van der Waals surface area contributed by atoms with Gasteiger partial charge in [-0.3, -0.25) is 4.79 Å². The molecule has 0 aromatic heterocycles. The van der Waals surface area contributed by atoms with Gasteiger partial charge in [-0.25, -0.2) is 0 Å². The monoisotopic (exact) mass is 321 g/mol. The molecule has 2 N–H and O–H groups in total. The van der Waals surface area contributed by atoms with E-state index in [9.17, 15) is 4.79 Å². The molecule has 1 aliphatic heterocycles. The molecule has 5 nitrogen and oxygen atoms in total. The number of aryl methyl sites for hydroxylation is 1. The minimum atomic E-state index is -0.297. The molecular formula is C19H19N3O2. The topological polar surface area (TPSA) is 74.2 Å². The fourth-order valence-corrected chi connectivity index (χ4v) is 2.73. The van der Waals surface area contributed by atoms with Crippen LogP contribution in [0.1, 0.15) is 40.5 Å². The van der Waals surface area contributed by atoms with Crippen LogP contribution in [0.5, 0.6) is 5.75 Å². The number of anilines is 1. The molecule has 5 heteroatoms. The molecule has 24 heavy (non-hydrogen) atoms. The number of rotatable bonds is 5. The number of nitrogens with one attached hydrogen (secondary N) is 2. The summed E-state index contributed by atoms with van der Waals surface area (Å²) in [4.78, 5) is 12.3. The Morgan fingerprint density at radius 1 is 1.21 bits per heavy atom. The third-order valence-corrected chi connectivity index (χ3v) is 3.97. The Morgan fingerprint density at radius 3 is 2.88 bits per heavy atom. The number of para-hydroxylation sites is 1. The van der Waals surface area contributed by atoms with E-state index in [0.717, 1.165) is 22.6 Å². The SMILES string of the molecule is Cc1cccc2c1N[C@@H](c1cccc(OCCCC#N)c1)NC2=O. The van der Waals surface area contributed by atoms with E-state index >= 15 is 0 Å². The third-order valence-electron chi connectivity index (χ3n) is 3.97. The molecule has 0 radical (unpaired) electrons. The number of hydrogen-bond acceptors (Lipinski definition) is 4. The Kier molecular flexibility index (Phi) is 4.66. The van der Waals surface area contributed by atoms with E-state index in [1.54, 1.807) is 0 Å². The summed E-state index contributed by atoms with van der Waals surface area (Å²) < 4.78 is 5.67. The van der Waals surface area contributed by atoms with Gasteiger partial charge in [0, 0.05) is 6.42 Å². The van der Waals surface area contributed by atoms with Crippen molar-refractivity contribution in [2.24, 2.45) is 0 Å². The molecule has 0 saturated heterocycles. The molecule has 1 aliphatic rings. The predicted molar refractivity (Wildman–Crippen MR) is 91.8 cm³/mol. The second-order valence-electron chi connectivity index (χ2n) is 5.73. The average Bonchev–Trinajstić information content (AvgIpc) is 2.60. The van der Waals surface area contributed by atoms with Crippen molar-refractivity contribution >= 4 is 11.6 Å². The highest BCUT2D eigenvalue weighted by atomic mass is 16.5. The van der Waals surface area contributed by atoms with Crippen LogP contribution < -0.4 is 15.4 Å². The zero-order chi connectivity index (χ0) is 16.9. The van der Waals surface area contributed by atoms with Crippen molar-refractivity contribution in [2.75, 3.05) is 11.9 Å². The number of nitrogens with zero attached hydrogens (tertiary/aromatic N) is 1. The lowest BCUT2D eigenvalue weighted by atomic mass is 10.0. The molecule has 2 aromatic carbocycles. The predicted octanol–water partition coefficient (Wildman–Crippen LogP) is 3.53. The fourth-order valence-electron chi connectivity index (χ4n) is 2.73. The van der Waals surface area contributed by atoms with Gasteiger partial charge in [0.05, 0.1) is 23.9 Å². The highest BCUT2D eigenvalue weighted by Gasteiger charge is 2.25. The Bertz CT molecular complexity index is 795. The average molecular weight is 321 g/mol. The van der Waals surface area contributed by atoms with Crippen molar-refractivity contribution in [3.8, 4) is 11.8 Å². The lowest BCUT2D eigenvalue weighted by molar-refractivity contribution is 0.0935. The van der Waals surface area contributed by atoms with E-state index in [2.05, 4.69) is 16.7 Å². The number of hydrogen-bond donors (Lipinski definition) is 2. The number of ether oxygens (including phenoxy) is 1. The van der Waals surface area contributed by atoms with Crippen molar-refractivity contribution in [3.63, 3.8) is 0 Å². The summed E-state index contributed by atoms with van der Waals surface area (Å²) in [6, 6.07) is 15.4. The van der Waals surface area contributed by atoms with Crippen LogP contribution in [-0.2, 0) is 0 Å². The molecule has 0 aliphatic carbocycles. The maximum Gasteiger partial charge on any atom is 0.255 e. The van der Waals surface area contributed by atoms with Gasteiger partial charge in [0.1, 0.15) is 11.9 Å². The number of unbranched alkanes of at least 4 members (excludes halogenated alkanes) is 1. The lowest BCUT2D eigenvalue weighted by Crippen LogP contribution is -2.38. The van der Waals surface area contributed by atoms with Gasteiger partial charge in [0.25, 0.3) is 5.91 Å². The normalized spacial score (nSPS) is 15.7. The fraction of sp³-hybridized carbons (Fsp3) is 0.263. The van der Waals surface area contributed by atoms with Gasteiger partial charge in [-0.05, 0) is 42.7 Å². The maximum absolute atomic E-state index is 12.3. The highest BCUT2D eigenvalue weighted by molar-refractivity contribution is 6.02. The van der Waals surface area contributed by atoms with Crippen LogP contribution in [0.2, 0.25) is 0 Å². The van der Waals surface area contributed by atoms with Crippen LogP contribution >= 0.6 is 0 Å². The highest BCUT2D eigenvalue weighted by Crippen LogP contribution is 2.30. The second kappa shape index (κ2) is 7.05. The number of fused-ring (bicyclic) bond motifs is 1. The molecule has 122 valence electrons. The van der Waals surface area contributed by atoms with Crippen LogP contribution in [0, 0.1) is 18.3 Å². The molecule has 1 amide bonds. The number of benzene rings is 2. The molecule has 0 spiro atoms. The summed E-state index contributed by atoms with van der Waals surface area (Å²) in [5.41, 5.74) is 3.49. The molecular weight excluding hydrogens is 302 g/mol. The summed E-state index contributed by atoms with van der Waals surface area (Å²) in [5, 5.41) is 14.9. The van der Waals surface area contributed by atoms with Crippen molar-refractivity contribution in [1.29, 1.82) is 5.26 Å². The first-order valence-electron chi connectivity index (χ1n) is 7.96. The summed E-state index contributed by atoms with van der Waals surface area (Å²) >= 11 is 0. The van der Waals surface area contributed by atoms with E-state index in [1.165, 1.54) is 0 Å². The maximum atomic E-state index is 12.3. The van der Waals surface area contributed by atoms with Crippen molar-refractivity contribution in [3.05, 3.63) is 59.2 Å². The van der Waals surface area contributed by atoms with Crippen LogP contribution in [0.15, 0.2) is 42.5 Å². The van der Waals surface area contributed by atoms with Gasteiger partial charge in [-0.1, -0.05) is 24.3 Å². The Balaban J connectivity index is 1.77. The van der Waals surface area contributed by atoms with E-state index in [1.807, 2.05) is 49.4 Å². The first-order valence-corrected chi connectivity index (χ1v) is 7.96. The zero-order valence-corrected chi connectivity index (χ0v) is 13.5. The molecule has 0 bridgehead atoms. The minimum Gasteiger partial charge on any atom is -0.494 e. The number of nitriles is 1. The van der Waals surface area contributed by atoms with Crippen LogP contribution in [0.4, 0.5) is 5.69 Å². The van der Waals surface area contributed by atoms with E-state index in [0.29, 0.717) is 25.0 Å². The molecule has 3 rings (SSSR count). The standard InChI is InChI=1S/C19H19N3O2/c1-13-6-4-9-16-17(13)21-18(22-19(16)23)14-7-5-8-15(12-14)24-11-3-2-10-20/h4-9,12,18,21H,2-3,11H2,1H3,(H,22,23)/t18-/m1/s1. The molecule has 0 fully saturated rings. The Hall–Kier alpha value is -3.00. The van der Waals surface area contributed by atoms with Gasteiger partial charge in [0.15, 0.2) is 0 Å². The lowest BCUT2D eigenvalue weighted by Gasteiger charge is -2.29. The number of amides is 1. The number of carbonyl (C=O) groups excluding carboxylic acids is 1. The van der Waals surface area contributed by atoms with Gasteiger partial charge in [-0.2, -0.15) is 5.26 Å². The van der Waals surface area contributed by atoms with Crippen molar-refractivity contribution in [2.45, 2.75) is 25.9 Å². The zero-order valence-electron chi connectivity index (χ0n) is 13.5. The number of carbonyl (C=O) groups is 1. The smallest absolute Gasteiger partial charge is 0.255 e. The summed E-state index contributed by atoms with van der Waals surface area (Å²) in [6.45, 7) is 2.49. The largest absolute Gasteiger partial charge is 0.494 e. The van der Waals surface area contributed by atoms with Crippen LogP contribution in [0.3, 0.4) is 0 Å². The van der Waals surface area contributed by atoms with Gasteiger partial charge >= 0.3 is 0 Å². The van der Waals surface area contributed by atoms with Gasteiger partial charge in [-0.15, -0.1) is 0 Å². The molecule has 2 aromatic rings. The van der Waals surface area contributed by atoms with E-state index in [-0.39, 0.29) is 12.1 Å². The second-order valence-corrected chi connectivity index (χ2v) is 5.73. The summed E-state index contributed by atoms with van der Waals surface area (Å²) in [7, 11) is 0. The van der Waals surface area contributed by atoms with E-state index in [4.69, 9.17) is 10.00 Å². The van der Waals surface area contributed by atoms with Gasteiger partial charge < -0.3 is 15.4 Å². The first-order chi connectivity index (χ1) is 11.7. The Morgan fingerprint density at radius 2 is 2.04 bits per heavy atom. The first kappa shape index (κ1) is 15.9. The van der Waals surface area contributed by atoms with Gasteiger partial charge in [0.2, 0.25) is 0 Å². The van der Waals surface area contributed by atoms with Crippen LogP contribution in [-0.4, -0.2) is 12.5 Å². The van der Waals surface area contributed by atoms with Crippen molar-refractivity contribution < 1.29 is 9.53 Å². The van der Waals surface area contributed by atoms with E-state index < -0.39 is 0 Å². The molecule has 1 atom stereocenters. The molecule has 1 heterocycles. The summed E-state index contributed by atoms with van der Waals surface area (Å²) in [5.74, 6) is 0.648. The molecule has 0 saturated carbocycles. The molecule has 0 unspecified atom stereocenters. The minimum absolute atomic E-state index is 0.0854. The third kappa shape index (κ3) is 3.33.